The Kier molecular flexibility index (Phi) is 6.22. The van der Waals surface area contributed by atoms with E-state index in [9.17, 15) is 4.79 Å². The predicted octanol–water partition coefficient (Wildman–Crippen LogP) is -1.27. The number of carbonyl (C=O) groups is 1. The molecule has 0 aromatic rings. The quantitative estimate of drug-likeness (QED) is 0.682. The molecule has 0 radical (unpaired) electrons. The smallest absolute Gasteiger partial charge is 0.236 e. The molecule has 0 spiro atoms. The summed E-state index contributed by atoms with van der Waals surface area (Å²) in [5.74, 6) is 0.300. The molecule has 2 saturated heterocycles. The van der Waals surface area contributed by atoms with Crippen LogP contribution >= 0.6 is 0 Å². The van der Waals surface area contributed by atoms with Crippen molar-refractivity contribution >= 4 is 5.91 Å². The van der Waals surface area contributed by atoms with Crippen molar-refractivity contribution in [2.75, 3.05) is 79.0 Å². The van der Waals surface area contributed by atoms with E-state index in [4.69, 9.17) is 5.73 Å². The van der Waals surface area contributed by atoms with Gasteiger partial charge in [-0.2, -0.15) is 0 Å². The zero-order valence-corrected chi connectivity index (χ0v) is 12.8. The fraction of sp³-hybridized carbons (Fsp3) is 0.929. The van der Waals surface area contributed by atoms with E-state index in [1.807, 2.05) is 4.90 Å². The fourth-order valence-electron chi connectivity index (χ4n) is 2.83. The highest BCUT2D eigenvalue weighted by molar-refractivity contribution is 5.78. The minimum absolute atomic E-state index is 0.300. The van der Waals surface area contributed by atoms with E-state index in [1.54, 1.807) is 0 Å². The number of hydrogen-bond acceptors (Lipinski definition) is 5. The van der Waals surface area contributed by atoms with Gasteiger partial charge in [-0.15, -0.1) is 0 Å². The van der Waals surface area contributed by atoms with Gasteiger partial charge in [0.25, 0.3) is 0 Å². The van der Waals surface area contributed by atoms with Gasteiger partial charge in [-0.25, -0.2) is 0 Å². The molecule has 2 aliphatic rings. The van der Waals surface area contributed by atoms with Gasteiger partial charge in [0.2, 0.25) is 5.91 Å². The van der Waals surface area contributed by atoms with E-state index >= 15 is 0 Å². The minimum Gasteiger partial charge on any atom is -0.339 e. The lowest BCUT2D eigenvalue weighted by Crippen LogP contribution is -2.53. The number of carbonyl (C=O) groups excluding carboxylic acids is 1. The summed E-state index contributed by atoms with van der Waals surface area (Å²) < 4.78 is 0. The fourth-order valence-corrected chi connectivity index (χ4v) is 2.83. The maximum atomic E-state index is 12.3. The number of nitrogens with zero attached hydrogens (tertiary/aromatic N) is 4. The second-order valence-electron chi connectivity index (χ2n) is 5.94. The molecule has 0 atom stereocenters. The average molecular weight is 283 g/mol. The van der Waals surface area contributed by atoms with Crippen molar-refractivity contribution in [1.82, 2.24) is 19.6 Å². The molecule has 2 aliphatic heterocycles. The standard InChI is InChI=1S/C14H29N5O/c1-16-5-11-19(12-6-16)14(20)13-18-9-7-17(8-10-18)4-2-3-15/h2-13,15H2,1H3. The summed E-state index contributed by atoms with van der Waals surface area (Å²) in [5, 5.41) is 0. The zero-order chi connectivity index (χ0) is 14.4. The summed E-state index contributed by atoms with van der Waals surface area (Å²) in [6.45, 7) is 10.3. The number of nitrogens with two attached hydrogens (primary N) is 1. The number of rotatable bonds is 5. The molecule has 0 aromatic heterocycles. The highest BCUT2D eigenvalue weighted by Crippen LogP contribution is 2.05. The Hall–Kier alpha value is -0.690. The highest BCUT2D eigenvalue weighted by atomic mass is 16.2. The van der Waals surface area contributed by atoms with Crippen molar-refractivity contribution in [1.29, 1.82) is 0 Å². The van der Waals surface area contributed by atoms with Crippen LogP contribution in [-0.2, 0) is 4.79 Å². The normalized spacial score (nSPS) is 23.2. The first-order chi connectivity index (χ1) is 9.69. The molecule has 2 fully saturated rings. The Bertz CT molecular complexity index is 296. The summed E-state index contributed by atoms with van der Waals surface area (Å²) in [7, 11) is 2.11. The first kappa shape index (κ1) is 15.7. The Labute approximate surface area is 122 Å². The molecule has 1 amide bonds. The maximum absolute atomic E-state index is 12.3. The van der Waals surface area contributed by atoms with Crippen molar-refractivity contribution in [3.05, 3.63) is 0 Å². The molecule has 116 valence electrons. The molecule has 0 unspecified atom stereocenters. The lowest BCUT2D eigenvalue weighted by atomic mass is 10.2. The van der Waals surface area contributed by atoms with E-state index in [0.717, 1.165) is 71.9 Å². The zero-order valence-electron chi connectivity index (χ0n) is 12.8. The van der Waals surface area contributed by atoms with Gasteiger partial charge in [0.05, 0.1) is 6.54 Å². The van der Waals surface area contributed by atoms with Crippen LogP contribution in [0.25, 0.3) is 0 Å². The molecule has 6 nitrogen and oxygen atoms in total. The van der Waals surface area contributed by atoms with E-state index in [2.05, 4.69) is 21.7 Å². The maximum Gasteiger partial charge on any atom is 0.236 e. The van der Waals surface area contributed by atoms with Crippen LogP contribution in [0.4, 0.5) is 0 Å². The minimum atomic E-state index is 0.300. The highest BCUT2D eigenvalue weighted by Gasteiger charge is 2.23. The van der Waals surface area contributed by atoms with Crippen LogP contribution in [-0.4, -0.2) is 105 Å². The molecule has 2 heterocycles. The Morgan fingerprint density at radius 3 is 2.15 bits per heavy atom. The third-order valence-corrected chi connectivity index (χ3v) is 4.36. The summed E-state index contributed by atoms with van der Waals surface area (Å²) in [6.07, 6.45) is 1.07. The lowest BCUT2D eigenvalue weighted by molar-refractivity contribution is -0.134. The van der Waals surface area contributed by atoms with E-state index in [-0.39, 0.29) is 0 Å². The third kappa shape index (κ3) is 4.70. The van der Waals surface area contributed by atoms with Crippen molar-refractivity contribution in [2.24, 2.45) is 5.73 Å². The number of piperazine rings is 2. The topological polar surface area (TPSA) is 56.0 Å². The molecular formula is C14H29N5O. The van der Waals surface area contributed by atoms with Gasteiger partial charge in [0.1, 0.15) is 0 Å². The van der Waals surface area contributed by atoms with Crippen LogP contribution in [0.5, 0.6) is 0 Å². The summed E-state index contributed by atoms with van der Waals surface area (Å²) >= 11 is 0. The second-order valence-corrected chi connectivity index (χ2v) is 5.94. The molecular weight excluding hydrogens is 254 g/mol. The Morgan fingerprint density at radius 2 is 1.55 bits per heavy atom. The molecule has 6 heteroatoms. The largest absolute Gasteiger partial charge is 0.339 e. The van der Waals surface area contributed by atoms with Crippen LogP contribution in [0.2, 0.25) is 0 Å². The number of hydrogen-bond donors (Lipinski definition) is 1. The molecule has 0 saturated carbocycles. The van der Waals surface area contributed by atoms with Crippen LogP contribution in [0, 0.1) is 0 Å². The lowest BCUT2D eigenvalue weighted by Gasteiger charge is -2.37. The summed E-state index contributed by atoms with van der Waals surface area (Å²) in [4.78, 5) is 21.3. The van der Waals surface area contributed by atoms with Crippen molar-refractivity contribution in [3.63, 3.8) is 0 Å². The number of likely N-dealkylation sites (N-methyl/N-ethyl adjacent to an activating group) is 1. The van der Waals surface area contributed by atoms with Gasteiger partial charge in [0, 0.05) is 52.4 Å². The Morgan fingerprint density at radius 1 is 0.950 bits per heavy atom. The molecule has 0 aromatic carbocycles. The van der Waals surface area contributed by atoms with Crippen molar-refractivity contribution in [2.45, 2.75) is 6.42 Å². The van der Waals surface area contributed by atoms with Crippen molar-refractivity contribution in [3.8, 4) is 0 Å². The van der Waals surface area contributed by atoms with Gasteiger partial charge < -0.3 is 20.4 Å². The van der Waals surface area contributed by atoms with E-state index < -0.39 is 0 Å². The van der Waals surface area contributed by atoms with E-state index in [0.29, 0.717) is 12.5 Å². The molecule has 2 N–H and O–H groups in total. The van der Waals surface area contributed by atoms with Gasteiger partial charge in [-0.3, -0.25) is 9.69 Å². The Balaban J connectivity index is 1.66. The third-order valence-electron chi connectivity index (χ3n) is 4.36. The first-order valence-electron chi connectivity index (χ1n) is 7.80. The SMILES string of the molecule is CN1CCN(C(=O)CN2CCN(CCCN)CC2)CC1. The average Bonchev–Trinajstić information content (AvgIpc) is 2.47. The van der Waals surface area contributed by atoms with Gasteiger partial charge >= 0.3 is 0 Å². The van der Waals surface area contributed by atoms with Crippen LogP contribution in [0.3, 0.4) is 0 Å². The van der Waals surface area contributed by atoms with Crippen molar-refractivity contribution < 1.29 is 4.79 Å². The van der Waals surface area contributed by atoms with Gasteiger partial charge in [0.15, 0.2) is 0 Å². The molecule has 20 heavy (non-hydrogen) atoms. The summed E-state index contributed by atoms with van der Waals surface area (Å²) in [6, 6.07) is 0. The summed E-state index contributed by atoms with van der Waals surface area (Å²) in [5.41, 5.74) is 5.54. The first-order valence-corrected chi connectivity index (χ1v) is 7.80. The predicted molar refractivity (Wildman–Crippen MR) is 80.6 cm³/mol. The van der Waals surface area contributed by atoms with Crippen LogP contribution in [0.15, 0.2) is 0 Å². The number of amides is 1. The van der Waals surface area contributed by atoms with Crippen LogP contribution < -0.4 is 5.73 Å². The van der Waals surface area contributed by atoms with Crippen LogP contribution in [0.1, 0.15) is 6.42 Å². The second kappa shape index (κ2) is 7.93. The monoisotopic (exact) mass is 283 g/mol. The molecule has 2 rings (SSSR count). The molecule has 0 aliphatic carbocycles. The van der Waals surface area contributed by atoms with E-state index in [1.165, 1.54) is 0 Å². The van der Waals surface area contributed by atoms with Gasteiger partial charge in [-0.1, -0.05) is 0 Å². The van der Waals surface area contributed by atoms with Gasteiger partial charge in [-0.05, 0) is 26.6 Å². The molecule has 0 bridgehead atoms.